The second kappa shape index (κ2) is 10.3. The number of guanidine groups is 1. The summed E-state index contributed by atoms with van der Waals surface area (Å²) >= 11 is 0. The van der Waals surface area contributed by atoms with Crippen molar-refractivity contribution in [3.63, 3.8) is 0 Å². The van der Waals surface area contributed by atoms with Crippen molar-refractivity contribution in [1.82, 2.24) is 20.4 Å². The van der Waals surface area contributed by atoms with Crippen molar-refractivity contribution in [2.45, 2.75) is 39.8 Å². The van der Waals surface area contributed by atoms with E-state index in [0.717, 1.165) is 30.2 Å². The molecule has 5 nitrogen and oxygen atoms in total. The predicted octanol–water partition coefficient (Wildman–Crippen LogP) is 3.34. The lowest BCUT2D eigenvalue weighted by Gasteiger charge is -2.16. The highest BCUT2D eigenvalue weighted by Gasteiger charge is 2.03. The SMILES string of the molecule is CCNC(=NCc1cccc(-n2cccn2)c1)NC(C)CC.I. The number of rotatable bonds is 6. The van der Waals surface area contributed by atoms with Gasteiger partial charge in [-0.3, -0.25) is 0 Å². The van der Waals surface area contributed by atoms with Crippen LogP contribution in [0, 0.1) is 0 Å². The Morgan fingerprint density at radius 2 is 2.13 bits per heavy atom. The largest absolute Gasteiger partial charge is 0.357 e. The Kier molecular flexibility index (Phi) is 8.68. The third kappa shape index (κ3) is 6.21. The lowest BCUT2D eigenvalue weighted by atomic mass is 10.2. The van der Waals surface area contributed by atoms with Gasteiger partial charge in [-0.2, -0.15) is 5.10 Å². The number of hydrogen-bond donors (Lipinski definition) is 2. The van der Waals surface area contributed by atoms with Crippen LogP contribution in [0.5, 0.6) is 0 Å². The minimum Gasteiger partial charge on any atom is -0.357 e. The van der Waals surface area contributed by atoms with Gasteiger partial charge < -0.3 is 10.6 Å². The Bertz CT molecular complexity index is 595. The molecule has 0 aliphatic heterocycles. The van der Waals surface area contributed by atoms with Crippen LogP contribution in [0.2, 0.25) is 0 Å². The van der Waals surface area contributed by atoms with E-state index in [4.69, 9.17) is 0 Å². The molecule has 0 saturated heterocycles. The molecule has 0 spiro atoms. The van der Waals surface area contributed by atoms with Crippen LogP contribution in [-0.2, 0) is 6.54 Å². The van der Waals surface area contributed by atoms with E-state index < -0.39 is 0 Å². The van der Waals surface area contributed by atoms with E-state index in [9.17, 15) is 0 Å². The van der Waals surface area contributed by atoms with Crippen LogP contribution in [0.4, 0.5) is 0 Å². The summed E-state index contributed by atoms with van der Waals surface area (Å²) in [5, 5.41) is 10.9. The van der Waals surface area contributed by atoms with E-state index in [-0.39, 0.29) is 24.0 Å². The fourth-order valence-corrected chi connectivity index (χ4v) is 2.04. The molecule has 0 aliphatic rings. The van der Waals surface area contributed by atoms with Gasteiger partial charge in [0, 0.05) is 25.0 Å². The normalized spacial score (nSPS) is 12.4. The van der Waals surface area contributed by atoms with Gasteiger partial charge in [-0.15, -0.1) is 24.0 Å². The van der Waals surface area contributed by atoms with Crippen LogP contribution in [0.15, 0.2) is 47.7 Å². The highest BCUT2D eigenvalue weighted by atomic mass is 127. The zero-order chi connectivity index (χ0) is 15.8. The van der Waals surface area contributed by atoms with E-state index in [2.05, 4.69) is 53.6 Å². The van der Waals surface area contributed by atoms with Gasteiger partial charge in [-0.05, 0) is 44.0 Å². The number of aromatic nitrogens is 2. The average Bonchev–Trinajstić information content (AvgIpc) is 3.07. The minimum absolute atomic E-state index is 0. The van der Waals surface area contributed by atoms with Gasteiger partial charge in [0.2, 0.25) is 0 Å². The van der Waals surface area contributed by atoms with Crippen LogP contribution in [-0.4, -0.2) is 28.3 Å². The van der Waals surface area contributed by atoms with Crippen molar-refractivity contribution in [3.8, 4) is 5.69 Å². The third-order valence-corrected chi connectivity index (χ3v) is 3.44. The van der Waals surface area contributed by atoms with Gasteiger partial charge in [0.25, 0.3) is 0 Å². The third-order valence-electron chi connectivity index (χ3n) is 3.44. The summed E-state index contributed by atoms with van der Waals surface area (Å²) in [6.45, 7) is 7.89. The first-order valence-corrected chi connectivity index (χ1v) is 7.86. The maximum Gasteiger partial charge on any atom is 0.191 e. The molecule has 0 fully saturated rings. The maximum absolute atomic E-state index is 4.66. The highest BCUT2D eigenvalue weighted by Crippen LogP contribution is 2.10. The Balaban J connectivity index is 0.00000264. The fourth-order valence-electron chi connectivity index (χ4n) is 2.04. The van der Waals surface area contributed by atoms with Gasteiger partial charge in [-0.25, -0.2) is 9.67 Å². The molecule has 1 aromatic carbocycles. The molecule has 6 heteroatoms. The van der Waals surface area contributed by atoms with E-state index in [1.54, 1.807) is 6.20 Å². The molecule has 0 amide bonds. The highest BCUT2D eigenvalue weighted by molar-refractivity contribution is 14.0. The van der Waals surface area contributed by atoms with Crippen molar-refractivity contribution < 1.29 is 0 Å². The Hall–Kier alpha value is -1.57. The number of nitrogens with one attached hydrogen (secondary N) is 2. The van der Waals surface area contributed by atoms with E-state index in [1.807, 2.05) is 29.1 Å². The van der Waals surface area contributed by atoms with Crippen LogP contribution >= 0.6 is 24.0 Å². The van der Waals surface area contributed by atoms with Crippen molar-refractivity contribution in [3.05, 3.63) is 48.3 Å². The first-order valence-electron chi connectivity index (χ1n) is 7.86. The number of aliphatic imine (C=N–C) groups is 1. The summed E-state index contributed by atoms with van der Waals surface area (Å²) in [6.07, 6.45) is 4.79. The fraction of sp³-hybridized carbons (Fsp3) is 0.412. The lowest BCUT2D eigenvalue weighted by molar-refractivity contribution is 0.624. The molecule has 1 heterocycles. The minimum atomic E-state index is 0. The summed E-state index contributed by atoms with van der Waals surface area (Å²) < 4.78 is 1.86. The summed E-state index contributed by atoms with van der Waals surface area (Å²) in [4.78, 5) is 4.66. The van der Waals surface area contributed by atoms with E-state index >= 15 is 0 Å². The molecule has 126 valence electrons. The smallest absolute Gasteiger partial charge is 0.191 e. The molecule has 2 rings (SSSR count). The topological polar surface area (TPSA) is 54.2 Å². The molecule has 2 N–H and O–H groups in total. The van der Waals surface area contributed by atoms with Crippen LogP contribution < -0.4 is 10.6 Å². The predicted molar refractivity (Wildman–Crippen MR) is 107 cm³/mol. The summed E-state index contributed by atoms with van der Waals surface area (Å²) in [5.41, 5.74) is 2.21. The number of nitrogens with zero attached hydrogens (tertiary/aromatic N) is 3. The molecule has 1 atom stereocenters. The molecule has 1 aromatic heterocycles. The monoisotopic (exact) mass is 427 g/mol. The van der Waals surface area contributed by atoms with Gasteiger partial charge in [-0.1, -0.05) is 19.1 Å². The van der Waals surface area contributed by atoms with Crippen molar-refractivity contribution >= 4 is 29.9 Å². The van der Waals surface area contributed by atoms with Gasteiger partial charge >= 0.3 is 0 Å². The number of benzene rings is 1. The zero-order valence-electron chi connectivity index (χ0n) is 14.0. The molecule has 0 radical (unpaired) electrons. The summed E-state index contributed by atoms with van der Waals surface area (Å²) in [7, 11) is 0. The van der Waals surface area contributed by atoms with Crippen molar-refractivity contribution in [2.24, 2.45) is 4.99 Å². The average molecular weight is 427 g/mol. The summed E-state index contributed by atoms with van der Waals surface area (Å²) in [6, 6.07) is 10.6. The Morgan fingerprint density at radius 3 is 2.78 bits per heavy atom. The summed E-state index contributed by atoms with van der Waals surface area (Å²) in [5.74, 6) is 0.862. The maximum atomic E-state index is 4.66. The standard InChI is InChI=1S/C17H25N5.HI/c1-4-14(3)21-17(18-5-2)19-13-15-8-6-9-16(12-15)22-11-7-10-20-22;/h6-12,14H,4-5,13H2,1-3H3,(H2,18,19,21);1H. The quantitative estimate of drug-likeness (QED) is 0.423. The van der Waals surface area contributed by atoms with Gasteiger partial charge in [0.15, 0.2) is 5.96 Å². The lowest BCUT2D eigenvalue weighted by Crippen LogP contribution is -2.41. The molecule has 0 bridgehead atoms. The van der Waals surface area contributed by atoms with Crippen LogP contribution in [0.3, 0.4) is 0 Å². The molecule has 2 aromatic rings. The second-order valence-electron chi connectivity index (χ2n) is 5.27. The van der Waals surface area contributed by atoms with Gasteiger partial charge in [0.1, 0.15) is 0 Å². The first-order chi connectivity index (χ1) is 10.7. The number of halogens is 1. The van der Waals surface area contributed by atoms with Crippen molar-refractivity contribution in [1.29, 1.82) is 0 Å². The molecular weight excluding hydrogens is 401 g/mol. The van der Waals surface area contributed by atoms with Crippen LogP contribution in [0.1, 0.15) is 32.8 Å². The number of hydrogen-bond acceptors (Lipinski definition) is 2. The van der Waals surface area contributed by atoms with E-state index in [1.165, 1.54) is 0 Å². The first kappa shape index (κ1) is 19.5. The molecule has 0 saturated carbocycles. The molecule has 0 aliphatic carbocycles. The zero-order valence-corrected chi connectivity index (χ0v) is 16.3. The van der Waals surface area contributed by atoms with Gasteiger partial charge in [0.05, 0.1) is 12.2 Å². The van der Waals surface area contributed by atoms with Crippen LogP contribution in [0.25, 0.3) is 5.69 Å². The Labute approximate surface area is 155 Å². The van der Waals surface area contributed by atoms with Crippen molar-refractivity contribution in [2.75, 3.05) is 6.54 Å². The molecule has 1 unspecified atom stereocenters. The second-order valence-corrected chi connectivity index (χ2v) is 5.27. The molecule has 23 heavy (non-hydrogen) atoms. The Morgan fingerprint density at radius 1 is 1.30 bits per heavy atom. The molecular formula is C17H26IN5. The van der Waals surface area contributed by atoms with E-state index in [0.29, 0.717) is 12.6 Å².